The van der Waals surface area contributed by atoms with Gasteiger partial charge in [-0.05, 0) is 43.3 Å². The minimum atomic E-state index is -3.76. The Kier molecular flexibility index (Phi) is 4.13. The van der Waals surface area contributed by atoms with Gasteiger partial charge in [-0.25, -0.2) is 8.42 Å². The number of aromatic nitrogens is 1. The van der Waals surface area contributed by atoms with Crippen LogP contribution in [0, 0.1) is 0 Å². The van der Waals surface area contributed by atoms with Crippen molar-refractivity contribution in [1.82, 2.24) is 4.57 Å². The Hall–Kier alpha value is -3.19. The number of sulfonamides is 1. The number of rotatable bonds is 4. The van der Waals surface area contributed by atoms with Crippen LogP contribution in [0.2, 0.25) is 0 Å². The van der Waals surface area contributed by atoms with E-state index in [1.54, 1.807) is 12.1 Å². The number of benzene rings is 3. The summed E-state index contributed by atoms with van der Waals surface area (Å²) in [6.45, 7) is 3.81. The van der Waals surface area contributed by atoms with Crippen LogP contribution < -0.4 is 14.2 Å². The predicted molar refractivity (Wildman–Crippen MR) is 113 cm³/mol. The highest BCUT2D eigenvalue weighted by atomic mass is 32.2. The number of hydrogen-bond donors (Lipinski definition) is 1. The second-order valence-electron chi connectivity index (χ2n) is 6.90. The molecule has 3 aromatic carbocycles. The Morgan fingerprint density at radius 3 is 2.48 bits per heavy atom. The molecule has 29 heavy (non-hydrogen) atoms. The summed E-state index contributed by atoms with van der Waals surface area (Å²) in [5.74, 6) is 1.00. The summed E-state index contributed by atoms with van der Waals surface area (Å²) in [7, 11) is -3.76. The monoisotopic (exact) mass is 408 g/mol. The zero-order valence-corrected chi connectivity index (χ0v) is 16.7. The molecule has 0 saturated heterocycles. The molecule has 0 aliphatic carbocycles. The second-order valence-corrected chi connectivity index (χ2v) is 8.59. The highest BCUT2D eigenvalue weighted by Gasteiger charge is 2.20. The molecule has 148 valence electrons. The molecule has 1 N–H and O–H groups in total. The molecule has 0 bridgehead atoms. The van der Waals surface area contributed by atoms with Gasteiger partial charge in [-0.1, -0.05) is 18.2 Å². The van der Waals surface area contributed by atoms with Gasteiger partial charge >= 0.3 is 0 Å². The first-order valence-corrected chi connectivity index (χ1v) is 11.0. The van der Waals surface area contributed by atoms with Gasteiger partial charge in [0, 0.05) is 40.1 Å². The summed E-state index contributed by atoms with van der Waals surface area (Å²) >= 11 is 0. The van der Waals surface area contributed by atoms with E-state index in [1.165, 1.54) is 12.1 Å². The van der Waals surface area contributed by atoms with Gasteiger partial charge in [0.15, 0.2) is 11.5 Å². The maximum atomic E-state index is 12.9. The fraction of sp³-hybridized carbons (Fsp3) is 0.182. The average molecular weight is 408 g/mol. The molecule has 0 fully saturated rings. The fourth-order valence-corrected chi connectivity index (χ4v) is 4.93. The lowest BCUT2D eigenvalue weighted by atomic mass is 10.1. The largest absolute Gasteiger partial charge is 0.486 e. The molecule has 0 spiro atoms. The van der Waals surface area contributed by atoms with E-state index >= 15 is 0 Å². The number of hydrogen-bond acceptors (Lipinski definition) is 4. The summed E-state index contributed by atoms with van der Waals surface area (Å²) in [4.78, 5) is 0.137. The van der Waals surface area contributed by atoms with E-state index in [0.29, 0.717) is 30.4 Å². The lowest BCUT2D eigenvalue weighted by Crippen LogP contribution is -2.17. The summed E-state index contributed by atoms with van der Waals surface area (Å²) in [6.07, 6.45) is 0. The van der Waals surface area contributed by atoms with E-state index in [1.807, 2.05) is 24.3 Å². The molecule has 0 saturated carbocycles. The van der Waals surface area contributed by atoms with Crippen LogP contribution in [-0.2, 0) is 16.6 Å². The molecule has 1 aromatic heterocycles. The van der Waals surface area contributed by atoms with Gasteiger partial charge in [-0.3, -0.25) is 4.72 Å². The van der Waals surface area contributed by atoms with Gasteiger partial charge in [0.25, 0.3) is 10.0 Å². The minimum Gasteiger partial charge on any atom is -0.486 e. The van der Waals surface area contributed by atoms with Crippen molar-refractivity contribution in [2.45, 2.75) is 18.4 Å². The molecular weight excluding hydrogens is 388 g/mol. The van der Waals surface area contributed by atoms with Crippen LogP contribution in [0.15, 0.2) is 65.6 Å². The summed E-state index contributed by atoms with van der Waals surface area (Å²) in [5.41, 5.74) is 2.74. The van der Waals surface area contributed by atoms with Crippen LogP contribution in [0.4, 0.5) is 5.69 Å². The number of nitrogens with one attached hydrogen (secondary N) is 1. The number of fused-ring (bicyclic) bond motifs is 4. The Bertz CT molecular complexity index is 1340. The van der Waals surface area contributed by atoms with E-state index < -0.39 is 10.0 Å². The molecule has 4 aromatic rings. The summed E-state index contributed by atoms with van der Waals surface area (Å²) < 4.78 is 41.8. The van der Waals surface area contributed by atoms with E-state index in [0.717, 1.165) is 28.4 Å². The third-order valence-corrected chi connectivity index (χ3v) is 6.54. The van der Waals surface area contributed by atoms with E-state index in [9.17, 15) is 8.42 Å². The lowest BCUT2D eigenvalue weighted by molar-refractivity contribution is 0.171. The molecule has 0 amide bonds. The number of anilines is 1. The van der Waals surface area contributed by atoms with Gasteiger partial charge in [-0.15, -0.1) is 0 Å². The standard InChI is InChI=1S/C22H20N2O4S/c1-2-24-19-6-4-3-5-17(19)18-13-15(7-9-20(18)24)23-29(25,26)16-8-10-21-22(14-16)28-12-11-27-21/h3-10,13-14,23H,2,11-12H2,1H3. The van der Waals surface area contributed by atoms with Crippen LogP contribution in [0.5, 0.6) is 11.5 Å². The first-order chi connectivity index (χ1) is 14.1. The van der Waals surface area contributed by atoms with Gasteiger partial charge in [0.05, 0.1) is 4.90 Å². The zero-order valence-electron chi connectivity index (χ0n) is 15.9. The lowest BCUT2D eigenvalue weighted by Gasteiger charge is -2.19. The van der Waals surface area contributed by atoms with Gasteiger partial charge in [-0.2, -0.15) is 0 Å². The Morgan fingerprint density at radius 1 is 0.897 bits per heavy atom. The van der Waals surface area contributed by atoms with Crippen molar-refractivity contribution in [3.8, 4) is 11.5 Å². The van der Waals surface area contributed by atoms with Gasteiger partial charge < -0.3 is 14.0 Å². The first kappa shape index (κ1) is 17.9. The SMILES string of the molecule is CCn1c2ccccc2c2cc(NS(=O)(=O)c3ccc4c(c3)OCCO4)ccc21. The third-order valence-electron chi connectivity index (χ3n) is 5.16. The van der Waals surface area contributed by atoms with Crippen molar-refractivity contribution >= 4 is 37.5 Å². The fourth-order valence-electron chi connectivity index (χ4n) is 3.86. The topological polar surface area (TPSA) is 69.6 Å². The molecule has 0 unspecified atom stereocenters. The number of nitrogens with zero attached hydrogens (tertiary/aromatic N) is 1. The molecule has 1 aliphatic heterocycles. The van der Waals surface area contributed by atoms with E-state index in [2.05, 4.69) is 28.3 Å². The molecular formula is C22H20N2O4S. The highest BCUT2D eigenvalue weighted by Crippen LogP contribution is 2.34. The number of ether oxygens (including phenoxy) is 2. The quantitative estimate of drug-likeness (QED) is 0.544. The van der Waals surface area contributed by atoms with E-state index in [4.69, 9.17) is 9.47 Å². The first-order valence-electron chi connectivity index (χ1n) is 9.50. The smallest absolute Gasteiger partial charge is 0.262 e. The van der Waals surface area contributed by atoms with Crippen LogP contribution in [0.1, 0.15) is 6.92 Å². The highest BCUT2D eigenvalue weighted by molar-refractivity contribution is 7.92. The Balaban J connectivity index is 1.55. The van der Waals surface area contributed by atoms with Crippen molar-refractivity contribution in [1.29, 1.82) is 0 Å². The van der Waals surface area contributed by atoms with Crippen molar-refractivity contribution in [3.05, 3.63) is 60.7 Å². The van der Waals surface area contributed by atoms with Crippen molar-refractivity contribution < 1.29 is 17.9 Å². The molecule has 5 rings (SSSR count). The van der Waals surface area contributed by atoms with Crippen LogP contribution in [0.3, 0.4) is 0 Å². The molecule has 0 atom stereocenters. The van der Waals surface area contributed by atoms with Crippen molar-refractivity contribution in [2.24, 2.45) is 0 Å². The number of para-hydroxylation sites is 1. The van der Waals surface area contributed by atoms with E-state index in [-0.39, 0.29) is 4.90 Å². The summed E-state index contributed by atoms with van der Waals surface area (Å²) in [5, 5.41) is 2.12. The third kappa shape index (κ3) is 2.98. The maximum Gasteiger partial charge on any atom is 0.262 e. The molecule has 7 heteroatoms. The Morgan fingerprint density at radius 2 is 1.66 bits per heavy atom. The van der Waals surface area contributed by atoms with Crippen LogP contribution in [-0.4, -0.2) is 26.2 Å². The molecule has 2 heterocycles. The molecule has 6 nitrogen and oxygen atoms in total. The summed E-state index contributed by atoms with van der Waals surface area (Å²) in [6, 6.07) is 18.4. The van der Waals surface area contributed by atoms with Crippen LogP contribution in [0.25, 0.3) is 21.8 Å². The van der Waals surface area contributed by atoms with Gasteiger partial charge in [0.1, 0.15) is 13.2 Å². The Labute approximate surface area is 168 Å². The second kappa shape index (κ2) is 6.70. The maximum absolute atomic E-state index is 12.9. The van der Waals surface area contributed by atoms with Crippen LogP contribution >= 0.6 is 0 Å². The molecule has 1 aliphatic rings. The van der Waals surface area contributed by atoms with Crippen molar-refractivity contribution in [3.63, 3.8) is 0 Å². The number of aryl methyl sites for hydroxylation is 1. The average Bonchev–Trinajstić information content (AvgIpc) is 3.06. The minimum absolute atomic E-state index is 0.137. The predicted octanol–water partition coefficient (Wildman–Crippen LogP) is 4.39. The van der Waals surface area contributed by atoms with Gasteiger partial charge in [0.2, 0.25) is 0 Å². The normalized spacial score (nSPS) is 13.7. The zero-order chi connectivity index (χ0) is 20.0. The van der Waals surface area contributed by atoms with Crippen molar-refractivity contribution in [2.75, 3.05) is 17.9 Å². The molecule has 0 radical (unpaired) electrons.